The molecule has 19 heavy (non-hydrogen) atoms. The molecule has 1 N–H and O–H groups in total. The lowest BCUT2D eigenvalue weighted by Crippen LogP contribution is -2.06. The summed E-state index contributed by atoms with van der Waals surface area (Å²) in [5.74, 6) is 0.897. The van der Waals surface area contributed by atoms with Crippen LogP contribution in [0.1, 0.15) is 40.1 Å². The van der Waals surface area contributed by atoms with E-state index in [9.17, 15) is 5.11 Å². The van der Waals surface area contributed by atoms with Crippen LogP contribution in [0.5, 0.6) is 0 Å². The number of thiazole rings is 1. The van der Waals surface area contributed by atoms with Crippen molar-refractivity contribution in [2.45, 2.75) is 42.9 Å². The summed E-state index contributed by atoms with van der Waals surface area (Å²) in [6.45, 7) is 2.11. The lowest BCUT2D eigenvalue weighted by atomic mass is 10.0. The fourth-order valence-corrected chi connectivity index (χ4v) is 4.50. The van der Waals surface area contributed by atoms with E-state index < -0.39 is 0 Å². The number of aromatic nitrogens is 1. The smallest absolute Gasteiger partial charge is 0.103 e. The van der Waals surface area contributed by atoms with E-state index in [2.05, 4.69) is 36.2 Å². The number of hydrogen-bond acceptors (Lipinski definition) is 4. The number of thioether (sulfide) groups is 1. The topological polar surface area (TPSA) is 33.1 Å². The number of fused-ring (bicyclic) bond motifs is 1. The van der Waals surface area contributed by atoms with Crippen molar-refractivity contribution < 1.29 is 5.11 Å². The molecule has 0 amide bonds. The SMILES string of the molecule is Cc1cccc(SCc2nc3c(s2)C(O)CCC3)c1. The summed E-state index contributed by atoms with van der Waals surface area (Å²) in [7, 11) is 0. The van der Waals surface area contributed by atoms with E-state index in [1.165, 1.54) is 10.5 Å². The molecule has 0 aliphatic heterocycles. The molecule has 0 saturated carbocycles. The van der Waals surface area contributed by atoms with Crippen LogP contribution in [0, 0.1) is 6.92 Å². The first-order chi connectivity index (χ1) is 9.22. The van der Waals surface area contributed by atoms with Crippen molar-refractivity contribution >= 4 is 23.1 Å². The van der Waals surface area contributed by atoms with Gasteiger partial charge in [0.25, 0.3) is 0 Å². The largest absolute Gasteiger partial charge is 0.388 e. The number of benzene rings is 1. The van der Waals surface area contributed by atoms with Crippen LogP contribution in [0.25, 0.3) is 0 Å². The van der Waals surface area contributed by atoms with E-state index in [0.29, 0.717) is 0 Å². The van der Waals surface area contributed by atoms with Gasteiger partial charge < -0.3 is 5.11 Å². The molecule has 0 radical (unpaired) electrons. The molecule has 100 valence electrons. The van der Waals surface area contributed by atoms with Gasteiger partial charge in [-0.3, -0.25) is 0 Å². The van der Waals surface area contributed by atoms with Crippen LogP contribution in [0.15, 0.2) is 29.2 Å². The molecule has 1 aromatic carbocycles. The zero-order chi connectivity index (χ0) is 13.2. The Kier molecular flexibility index (Phi) is 3.91. The number of rotatable bonds is 3. The molecule has 0 spiro atoms. The molecule has 1 aliphatic rings. The highest BCUT2D eigenvalue weighted by Crippen LogP contribution is 2.36. The van der Waals surface area contributed by atoms with Crippen molar-refractivity contribution in [3.63, 3.8) is 0 Å². The van der Waals surface area contributed by atoms with Crippen molar-refractivity contribution in [3.8, 4) is 0 Å². The molecule has 0 saturated heterocycles. The minimum Gasteiger partial charge on any atom is -0.388 e. The van der Waals surface area contributed by atoms with Crippen molar-refractivity contribution in [1.82, 2.24) is 4.98 Å². The summed E-state index contributed by atoms with van der Waals surface area (Å²) < 4.78 is 0. The highest BCUT2D eigenvalue weighted by molar-refractivity contribution is 7.98. The van der Waals surface area contributed by atoms with Crippen molar-refractivity contribution in [3.05, 3.63) is 45.4 Å². The Hall–Kier alpha value is -0.840. The van der Waals surface area contributed by atoms with Gasteiger partial charge in [-0.15, -0.1) is 23.1 Å². The molecular weight excluding hydrogens is 274 g/mol. The maximum Gasteiger partial charge on any atom is 0.103 e. The normalized spacial score (nSPS) is 18.3. The van der Waals surface area contributed by atoms with Gasteiger partial charge in [-0.1, -0.05) is 17.7 Å². The van der Waals surface area contributed by atoms with Gasteiger partial charge in [0, 0.05) is 4.90 Å². The first kappa shape index (κ1) is 13.2. The lowest BCUT2D eigenvalue weighted by Gasteiger charge is -2.14. The maximum absolute atomic E-state index is 9.96. The Morgan fingerprint density at radius 1 is 1.47 bits per heavy atom. The van der Waals surface area contributed by atoms with Gasteiger partial charge in [-0.25, -0.2) is 4.98 Å². The van der Waals surface area contributed by atoms with E-state index in [1.54, 1.807) is 11.3 Å². The number of aryl methyl sites for hydroxylation is 2. The predicted octanol–water partition coefficient (Wildman–Crippen LogP) is 4.11. The number of aliphatic hydroxyl groups is 1. The summed E-state index contributed by atoms with van der Waals surface area (Å²) in [6.07, 6.45) is 2.69. The Morgan fingerprint density at radius 2 is 2.37 bits per heavy atom. The van der Waals surface area contributed by atoms with Gasteiger partial charge in [0.05, 0.1) is 22.4 Å². The fraction of sp³-hybridized carbons (Fsp3) is 0.400. The second-order valence-corrected chi connectivity index (χ2v) is 7.10. The molecule has 1 heterocycles. The Morgan fingerprint density at radius 3 is 3.16 bits per heavy atom. The van der Waals surface area contributed by atoms with E-state index in [0.717, 1.165) is 40.6 Å². The molecule has 1 unspecified atom stereocenters. The fourth-order valence-electron chi connectivity index (χ4n) is 2.36. The van der Waals surface area contributed by atoms with Gasteiger partial charge in [0.1, 0.15) is 5.01 Å². The summed E-state index contributed by atoms with van der Waals surface area (Å²) >= 11 is 3.50. The summed E-state index contributed by atoms with van der Waals surface area (Å²) in [4.78, 5) is 7.07. The van der Waals surface area contributed by atoms with Crippen LogP contribution >= 0.6 is 23.1 Å². The van der Waals surface area contributed by atoms with Crippen LogP contribution in [-0.2, 0) is 12.2 Å². The van der Waals surface area contributed by atoms with Gasteiger partial charge >= 0.3 is 0 Å². The van der Waals surface area contributed by atoms with Crippen LogP contribution in [0.2, 0.25) is 0 Å². The molecule has 3 rings (SSSR count). The third-order valence-corrected chi connectivity index (χ3v) is 5.70. The van der Waals surface area contributed by atoms with Gasteiger partial charge in [-0.05, 0) is 38.3 Å². The minimum atomic E-state index is -0.279. The first-order valence-corrected chi connectivity index (χ1v) is 8.38. The minimum absolute atomic E-state index is 0.279. The summed E-state index contributed by atoms with van der Waals surface area (Å²) in [6, 6.07) is 8.55. The molecule has 0 bridgehead atoms. The van der Waals surface area contributed by atoms with Crippen LogP contribution in [0.3, 0.4) is 0 Å². The standard InChI is InChI=1S/C15H17NOS2/c1-10-4-2-5-11(8-10)18-9-14-16-12-6-3-7-13(17)15(12)19-14/h2,4-5,8,13,17H,3,6-7,9H2,1H3. The molecule has 1 aromatic heterocycles. The average molecular weight is 291 g/mol. The van der Waals surface area contributed by atoms with E-state index in [4.69, 9.17) is 0 Å². The third kappa shape index (κ3) is 3.02. The molecular formula is C15H17NOS2. The van der Waals surface area contributed by atoms with E-state index in [-0.39, 0.29) is 6.10 Å². The number of aliphatic hydroxyl groups excluding tert-OH is 1. The van der Waals surface area contributed by atoms with Crippen LogP contribution < -0.4 is 0 Å². The third-order valence-electron chi connectivity index (χ3n) is 3.32. The monoisotopic (exact) mass is 291 g/mol. The molecule has 1 atom stereocenters. The Bertz CT molecular complexity index is 579. The van der Waals surface area contributed by atoms with E-state index >= 15 is 0 Å². The quantitative estimate of drug-likeness (QED) is 0.864. The zero-order valence-electron chi connectivity index (χ0n) is 10.9. The van der Waals surface area contributed by atoms with Crippen molar-refractivity contribution in [2.24, 2.45) is 0 Å². The molecule has 2 nitrogen and oxygen atoms in total. The van der Waals surface area contributed by atoms with E-state index in [1.807, 2.05) is 11.8 Å². The molecule has 0 fully saturated rings. The highest BCUT2D eigenvalue weighted by atomic mass is 32.2. The second kappa shape index (κ2) is 5.65. The average Bonchev–Trinajstić information content (AvgIpc) is 2.81. The zero-order valence-corrected chi connectivity index (χ0v) is 12.6. The molecule has 4 heteroatoms. The van der Waals surface area contributed by atoms with Gasteiger partial charge in [0.2, 0.25) is 0 Å². The first-order valence-electron chi connectivity index (χ1n) is 6.58. The molecule has 2 aromatic rings. The maximum atomic E-state index is 9.96. The second-order valence-electron chi connectivity index (χ2n) is 4.93. The summed E-state index contributed by atoms with van der Waals surface area (Å²) in [5.41, 5.74) is 2.42. The molecule has 1 aliphatic carbocycles. The van der Waals surface area contributed by atoms with Crippen molar-refractivity contribution in [2.75, 3.05) is 0 Å². The van der Waals surface area contributed by atoms with Crippen LogP contribution in [-0.4, -0.2) is 10.1 Å². The summed E-state index contributed by atoms with van der Waals surface area (Å²) in [5, 5.41) is 11.1. The number of hydrogen-bond donors (Lipinski definition) is 1. The Balaban J connectivity index is 1.71. The highest BCUT2D eigenvalue weighted by Gasteiger charge is 2.22. The lowest BCUT2D eigenvalue weighted by molar-refractivity contribution is 0.160. The van der Waals surface area contributed by atoms with Gasteiger partial charge in [0.15, 0.2) is 0 Å². The predicted molar refractivity (Wildman–Crippen MR) is 80.8 cm³/mol. The van der Waals surface area contributed by atoms with Crippen LogP contribution in [0.4, 0.5) is 0 Å². The van der Waals surface area contributed by atoms with Crippen molar-refractivity contribution in [1.29, 1.82) is 0 Å². The number of nitrogens with zero attached hydrogens (tertiary/aromatic N) is 1. The van der Waals surface area contributed by atoms with Gasteiger partial charge in [-0.2, -0.15) is 0 Å². The Labute approximate surface area is 121 Å².